The van der Waals surface area contributed by atoms with E-state index in [4.69, 9.17) is 0 Å². The van der Waals surface area contributed by atoms with Crippen molar-refractivity contribution in [3.63, 3.8) is 0 Å². The van der Waals surface area contributed by atoms with Crippen LogP contribution >= 0.6 is 0 Å². The Morgan fingerprint density at radius 2 is 1.61 bits per heavy atom. The molecular formula is C23H23N3O2. The van der Waals surface area contributed by atoms with Crippen LogP contribution in [0.5, 0.6) is 0 Å². The van der Waals surface area contributed by atoms with E-state index in [-0.39, 0.29) is 24.7 Å². The van der Waals surface area contributed by atoms with Crippen LogP contribution < -0.4 is 10.7 Å². The molecule has 0 heterocycles. The van der Waals surface area contributed by atoms with Gasteiger partial charge in [-0.25, -0.2) is 5.43 Å². The maximum atomic E-state index is 12.0. The van der Waals surface area contributed by atoms with E-state index in [1.54, 1.807) is 0 Å². The lowest BCUT2D eigenvalue weighted by molar-refractivity contribution is -0.124. The average Bonchev–Trinajstić information content (AvgIpc) is 2.70. The van der Waals surface area contributed by atoms with E-state index in [9.17, 15) is 9.59 Å². The van der Waals surface area contributed by atoms with Crippen molar-refractivity contribution in [3.05, 3.63) is 77.9 Å². The predicted octanol–water partition coefficient (Wildman–Crippen LogP) is 4.41. The maximum Gasteiger partial charge on any atom is 0.240 e. The molecule has 2 N–H and O–H groups in total. The Labute approximate surface area is 164 Å². The van der Waals surface area contributed by atoms with Crippen molar-refractivity contribution in [3.8, 4) is 0 Å². The van der Waals surface area contributed by atoms with E-state index in [0.29, 0.717) is 5.71 Å². The summed E-state index contributed by atoms with van der Waals surface area (Å²) in [6, 6.07) is 21.7. The average molecular weight is 373 g/mol. The first-order valence-corrected chi connectivity index (χ1v) is 9.20. The lowest BCUT2D eigenvalue weighted by Gasteiger charge is -2.06. The molecule has 142 valence electrons. The van der Waals surface area contributed by atoms with Gasteiger partial charge in [-0.05, 0) is 53.9 Å². The number of carbonyl (C=O) groups excluding carboxylic acids is 2. The number of nitrogens with zero attached hydrogens (tertiary/aromatic N) is 1. The predicted molar refractivity (Wildman–Crippen MR) is 113 cm³/mol. The number of hydrazone groups is 1. The Bertz CT molecular complexity index is 1040. The fraction of sp³-hybridized carbons (Fsp3) is 0.174. The summed E-state index contributed by atoms with van der Waals surface area (Å²) in [4.78, 5) is 24.0. The molecular weight excluding hydrogens is 350 g/mol. The first-order chi connectivity index (χ1) is 13.5. The molecule has 5 nitrogen and oxygen atoms in total. The number of rotatable bonds is 6. The summed E-state index contributed by atoms with van der Waals surface area (Å²) in [6.07, 6.45) is 0.177. The van der Waals surface area contributed by atoms with Gasteiger partial charge < -0.3 is 5.32 Å². The smallest absolute Gasteiger partial charge is 0.240 e. The number of nitrogens with one attached hydrogen (secondary N) is 2. The molecule has 0 aromatic heterocycles. The van der Waals surface area contributed by atoms with Gasteiger partial charge >= 0.3 is 0 Å². The summed E-state index contributed by atoms with van der Waals surface area (Å²) in [5.74, 6) is -0.490. The summed E-state index contributed by atoms with van der Waals surface area (Å²) in [7, 11) is 0. The van der Waals surface area contributed by atoms with Gasteiger partial charge in [0.25, 0.3) is 0 Å². The number of anilines is 1. The topological polar surface area (TPSA) is 70.6 Å². The zero-order valence-electron chi connectivity index (χ0n) is 16.0. The van der Waals surface area contributed by atoms with Crippen molar-refractivity contribution in [1.82, 2.24) is 5.43 Å². The van der Waals surface area contributed by atoms with E-state index in [2.05, 4.69) is 21.9 Å². The molecule has 28 heavy (non-hydrogen) atoms. The second-order valence-corrected chi connectivity index (χ2v) is 6.71. The second-order valence-electron chi connectivity index (χ2n) is 6.71. The number of hydrogen-bond acceptors (Lipinski definition) is 3. The van der Waals surface area contributed by atoms with Crippen molar-refractivity contribution in [2.45, 2.75) is 26.7 Å². The Hall–Kier alpha value is -3.47. The first-order valence-electron chi connectivity index (χ1n) is 9.20. The molecule has 0 bridgehead atoms. The molecule has 3 aromatic carbocycles. The summed E-state index contributed by atoms with van der Waals surface area (Å²) < 4.78 is 0. The van der Waals surface area contributed by atoms with E-state index in [0.717, 1.165) is 27.6 Å². The minimum Gasteiger partial charge on any atom is -0.326 e. The van der Waals surface area contributed by atoms with Gasteiger partial charge in [0.1, 0.15) is 0 Å². The van der Waals surface area contributed by atoms with Gasteiger partial charge in [-0.1, -0.05) is 48.5 Å². The Morgan fingerprint density at radius 1 is 0.857 bits per heavy atom. The molecule has 0 aliphatic rings. The number of amides is 2. The Kier molecular flexibility index (Phi) is 6.17. The number of hydrogen-bond donors (Lipinski definition) is 2. The largest absolute Gasteiger partial charge is 0.326 e. The van der Waals surface area contributed by atoms with Gasteiger partial charge in [0, 0.05) is 18.5 Å². The zero-order valence-corrected chi connectivity index (χ0v) is 16.0. The SMILES string of the molecule is C/C(=N\NC(=O)CCC(=O)Nc1cccc(C)c1)c1ccc2ccccc2c1. The molecule has 0 aliphatic heterocycles. The first kappa shape index (κ1) is 19.3. The number of fused-ring (bicyclic) bond motifs is 1. The van der Waals surface area contributed by atoms with E-state index < -0.39 is 0 Å². The van der Waals surface area contributed by atoms with E-state index in [1.807, 2.05) is 74.5 Å². The highest BCUT2D eigenvalue weighted by Gasteiger charge is 2.07. The number of carbonyl (C=O) groups is 2. The highest BCUT2D eigenvalue weighted by atomic mass is 16.2. The molecule has 0 saturated carbocycles. The van der Waals surface area contributed by atoms with Crippen LogP contribution in [0.15, 0.2) is 71.8 Å². The molecule has 0 spiro atoms. The van der Waals surface area contributed by atoms with Gasteiger partial charge in [0.05, 0.1) is 5.71 Å². The highest BCUT2D eigenvalue weighted by Crippen LogP contribution is 2.16. The summed E-state index contributed by atoms with van der Waals surface area (Å²) in [5.41, 5.74) is 5.97. The van der Waals surface area contributed by atoms with Crippen LogP contribution in [0.2, 0.25) is 0 Å². The third kappa shape index (κ3) is 5.27. The molecule has 0 aliphatic carbocycles. The van der Waals surface area contributed by atoms with Gasteiger partial charge in [0.2, 0.25) is 11.8 Å². The molecule has 0 atom stereocenters. The van der Waals surface area contributed by atoms with E-state index >= 15 is 0 Å². The fourth-order valence-electron chi connectivity index (χ4n) is 2.85. The minimum absolute atomic E-state index is 0.0755. The summed E-state index contributed by atoms with van der Waals surface area (Å²) in [6.45, 7) is 3.80. The molecule has 3 aromatic rings. The van der Waals surface area contributed by atoms with Gasteiger partial charge in [-0.2, -0.15) is 5.10 Å². The summed E-state index contributed by atoms with van der Waals surface area (Å²) in [5, 5.41) is 9.23. The van der Waals surface area contributed by atoms with Crippen LogP contribution in [0.3, 0.4) is 0 Å². The van der Waals surface area contributed by atoms with Crippen molar-refractivity contribution < 1.29 is 9.59 Å². The molecule has 0 unspecified atom stereocenters. The van der Waals surface area contributed by atoms with Crippen LogP contribution in [0.4, 0.5) is 5.69 Å². The quantitative estimate of drug-likeness (QED) is 0.496. The fourth-order valence-corrected chi connectivity index (χ4v) is 2.85. The Morgan fingerprint density at radius 3 is 2.39 bits per heavy atom. The second kappa shape index (κ2) is 8.95. The van der Waals surface area contributed by atoms with Crippen molar-refractivity contribution in [2.24, 2.45) is 5.10 Å². The molecule has 0 fully saturated rings. The monoisotopic (exact) mass is 373 g/mol. The van der Waals surface area contributed by atoms with E-state index in [1.165, 1.54) is 0 Å². The standard InChI is InChI=1S/C23H23N3O2/c1-16-6-5-9-21(14-16)24-22(27)12-13-23(28)26-25-17(2)19-11-10-18-7-3-4-8-20(18)15-19/h3-11,14-15H,12-13H2,1-2H3,(H,24,27)(H,26,28)/b25-17+. The van der Waals surface area contributed by atoms with Crippen LogP contribution in [0.1, 0.15) is 30.9 Å². The highest BCUT2D eigenvalue weighted by molar-refractivity contribution is 6.02. The van der Waals surface area contributed by atoms with Crippen molar-refractivity contribution in [1.29, 1.82) is 0 Å². The van der Waals surface area contributed by atoms with Crippen molar-refractivity contribution >= 4 is 34.0 Å². The van der Waals surface area contributed by atoms with Crippen LogP contribution in [0, 0.1) is 6.92 Å². The molecule has 2 amide bonds. The minimum atomic E-state index is -0.292. The maximum absolute atomic E-state index is 12.0. The third-order valence-corrected chi connectivity index (χ3v) is 4.40. The number of benzene rings is 3. The lowest BCUT2D eigenvalue weighted by Crippen LogP contribution is -2.21. The molecule has 5 heteroatoms. The normalized spacial score (nSPS) is 11.3. The van der Waals surface area contributed by atoms with Crippen molar-refractivity contribution in [2.75, 3.05) is 5.32 Å². The van der Waals surface area contributed by atoms with Gasteiger partial charge in [0.15, 0.2) is 0 Å². The lowest BCUT2D eigenvalue weighted by atomic mass is 10.0. The molecule has 3 rings (SSSR count). The summed E-state index contributed by atoms with van der Waals surface area (Å²) >= 11 is 0. The van der Waals surface area contributed by atoms with Gasteiger partial charge in [-0.15, -0.1) is 0 Å². The number of aryl methyl sites for hydroxylation is 1. The Balaban J connectivity index is 1.51. The van der Waals surface area contributed by atoms with Crippen LogP contribution in [-0.2, 0) is 9.59 Å². The molecule has 0 radical (unpaired) electrons. The van der Waals surface area contributed by atoms with Gasteiger partial charge in [-0.3, -0.25) is 9.59 Å². The molecule has 0 saturated heterocycles. The van der Waals surface area contributed by atoms with Crippen LogP contribution in [0.25, 0.3) is 10.8 Å². The van der Waals surface area contributed by atoms with Crippen LogP contribution in [-0.4, -0.2) is 17.5 Å². The third-order valence-electron chi connectivity index (χ3n) is 4.40. The zero-order chi connectivity index (χ0) is 19.9.